The fraction of sp³-hybridized carbons (Fsp3) is 0.250. The van der Waals surface area contributed by atoms with E-state index < -0.39 is 0 Å². The Morgan fingerprint density at radius 3 is 2.42 bits per heavy atom. The monoisotopic (exact) mass is 261 g/mol. The van der Waals surface area contributed by atoms with Gasteiger partial charge in [0, 0.05) is 12.6 Å². The predicted octanol–water partition coefficient (Wildman–Crippen LogP) is 4.13. The number of rotatable bonds is 4. The van der Waals surface area contributed by atoms with Crippen LogP contribution >= 0.6 is 0 Å². The van der Waals surface area contributed by atoms with Crippen molar-refractivity contribution in [2.45, 2.75) is 26.4 Å². The zero-order valence-electron chi connectivity index (χ0n) is 11.1. The molecule has 2 aromatic carbocycles. The molecule has 0 heterocycles. The first-order chi connectivity index (χ1) is 9.06. The second-order valence-electron chi connectivity index (χ2n) is 4.85. The van der Waals surface area contributed by atoms with Gasteiger partial charge in [0.1, 0.15) is 11.6 Å². The maximum atomic E-state index is 13.4. The van der Waals surface area contributed by atoms with Crippen LogP contribution in [0.2, 0.25) is 0 Å². The summed E-state index contributed by atoms with van der Waals surface area (Å²) in [4.78, 5) is 0. The molecule has 0 aliphatic rings. The molecule has 0 atom stereocenters. The molecule has 0 saturated carbocycles. The Morgan fingerprint density at radius 2 is 1.74 bits per heavy atom. The van der Waals surface area contributed by atoms with Crippen LogP contribution in [0.25, 0.3) is 11.1 Å². The van der Waals surface area contributed by atoms with Crippen LogP contribution < -0.4 is 5.32 Å². The van der Waals surface area contributed by atoms with Crippen molar-refractivity contribution in [2.24, 2.45) is 0 Å². The van der Waals surface area contributed by atoms with Gasteiger partial charge in [-0.15, -0.1) is 0 Å². The summed E-state index contributed by atoms with van der Waals surface area (Å²) in [5.74, 6) is -0.628. The topological polar surface area (TPSA) is 12.0 Å². The van der Waals surface area contributed by atoms with Crippen molar-refractivity contribution >= 4 is 0 Å². The normalized spacial score (nSPS) is 11.0. The summed E-state index contributed by atoms with van der Waals surface area (Å²) in [7, 11) is 0. The van der Waals surface area contributed by atoms with Gasteiger partial charge in [-0.3, -0.25) is 0 Å². The van der Waals surface area contributed by atoms with Crippen molar-refractivity contribution in [3.05, 3.63) is 59.7 Å². The average Bonchev–Trinajstić information content (AvgIpc) is 2.37. The van der Waals surface area contributed by atoms with Gasteiger partial charge >= 0.3 is 0 Å². The Kier molecular flexibility index (Phi) is 4.27. The first-order valence-corrected chi connectivity index (χ1v) is 6.34. The molecule has 2 rings (SSSR count). The smallest absolute Gasteiger partial charge is 0.123 e. The summed E-state index contributed by atoms with van der Waals surface area (Å²) in [6.07, 6.45) is 0. The highest BCUT2D eigenvalue weighted by Gasteiger charge is 2.08. The van der Waals surface area contributed by atoms with Gasteiger partial charge in [0.2, 0.25) is 0 Å². The minimum Gasteiger partial charge on any atom is -0.310 e. The van der Waals surface area contributed by atoms with Crippen molar-refractivity contribution < 1.29 is 8.78 Å². The summed E-state index contributed by atoms with van der Waals surface area (Å²) in [5.41, 5.74) is 2.38. The van der Waals surface area contributed by atoms with E-state index in [0.29, 0.717) is 18.2 Å². The molecule has 0 saturated heterocycles. The second kappa shape index (κ2) is 5.93. The quantitative estimate of drug-likeness (QED) is 0.872. The second-order valence-corrected chi connectivity index (χ2v) is 4.85. The van der Waals surface area contributed by atoms with Gasteiger partial charge in [-0.05, 0) is 41.0 Å². The first-order valence-electron chi connectivity index (χ1n) is 6.34. The lowest BCUT2D eigenvalue weighted by molar-refractivity contribution is 0.587. The molecule has 19 heavy (non-hydrogen) atoms. The molecular formula is C16H17F2N. The maximum absolute atomic E-state index is 13.4. The lowest BCUT2D eigenvalue weighted by atomic mass is 9.99. The predicted molar refractivity (Wildman–Crippen MR) is 73.8 cm³/mol. The minimum atomic E-state index is -0.315. The van der Waals surface area contributed by atoms with Crippen molar-refractivity contribution in [1.29, 1.82) is 0 Å². The summed E-state index contributed by atoms with van der Waals surface area (Å²) in [5, 5.41) is 3.29. The van der Waals surface area contributed by atoms with Crippen LogP contribution in [-0.2, 0) is 6.54 Å². The van der Waals surface area contributed by atoms with Crippen molar-refractivity contribution in [3.8, 4) is 11.1 Å². The third-order valence-electron chi connectivity index (χ3n) is 2.91. The SMILES string of the molecule is CC(C)NCc1ccc(F)cc1-c1cccc(F)c1. The van der Waals surface area contributed by atoms with E-state index in [-0.39, 0.29) is 11.6 Å². The number of nitrogens with one attached hydrogen (secondary N) is 1. The zero-order chi connectivity index (χ0) is 13.8. The zero-order valence-corrected chi connectivity index (χ0v) is 11.1. The van der Waals surface area contributed by atoms with E-state index in [1.54, 1.807) is 18.2 Å². The Bertz CT molecular complexity index is 564. The standard InChI is InChI=1S/C16H17F2N/c1-11(2)19-10-13-6-7-15(18)9-16(13)12-4-3-5-14(17)8-12/h3-9,11,19H,10H2,1-2H3. The third kappa shape index (κ3) is 3.61. The molecule has 100 valence electrons. The number of hydrogen-bond donors (Lipinski definition) is 1. The van der Waals surface area contributed by atoms with Crippen molar-refractivity contribution in [2.75, 3.05) is 0 Å². The molecule has 0 spiro atoms. The fourth-order valence-corrected chi connectivity index (χ4v) is 1.94. The molecule has 0 aliphatic heterocycles. The van der Waals surface area contributed by atoms with Gasteiger partial charge in [0.05, 0.1) is 0 Å². The molecule has 0 bridgehead atoms. The molecular weight excluding hydrogens is 244 g/mol. The van der Waals surface area contributed by atoms with Gasteiger partial charge in [-0.1, -0.05) is 32.0 Å². The molecule has 0 fully saturated rings. The maximum Gasteiger partial charge on any atom is 0.123 e. The number of halogens is 2. The van der Waals surface area contributed by atoms with E-state index in [0.717, 1.165) is 11.1 Å². The van der Waals surface area contributed by atoms with Crippen LogP contribution in [0.3, 0.4) is 0 Å². The molecule has 0 unspecified atom stereocenters. The van der Waals surface area contributed by atoms with Crippen LogP contribution in [0.5, 0.6) is 0 Å². The molecule has 0 radical (unpaired) electrons. The van der Waals surface area contributed by atoms with Gasteiger partial charge < -0.3 is 5.32 Å². The summed E-state index contributed by atoms with van der Waals surface area (Å²) in [6.45, 7) is 4.72. The van der Waals surface area contributed by atoms with E-state index in [1.165, 1.54) is 24.3 Å². The molecule has 0 aliphatic carbocycles. The van der Waals surface area contributed by atoms with E-state index in [1.807, 2.05) is 13.8 Å². The van der Waals surface area contributed by atoms with Crippen LogP contribution in [0.1, 0.15) is 19.4 Å². The van der Waals surface area contributed by atoms with E-state index in [4.69, 9.17) is 0 Å². The van der Waals surface area contributed by atoms with Crippen molar-refractivity contribution in [3.63, 3.8) is 0 Å². The van der Waals surface area contributed by atoms with E-state index in [9.17, 15) is 8.78 Å². The minimum absolute atomic E-state index is 0.312. The highest BCUT2D eigenvalue weighted by atomic mass is 19.1. The molecule has 2 aromatic rings. The summed E-state index contributed by atoms with van der Waals surface area (Å²) < 4.78 is 26.7. The van der Waals surface area contributed by atoms with Gasteiger partial charge in [0.25, 0.3) is 0 Å². The van der Waals surface area contributed by atoms with Gasteiger partial charge in [0.15, 0.2) is 0 Å². The van der Waals surface area contributed by atoms with E-state index in [2.05, 4.69) is 5.32 Å². The lowest BCUT2D eigenvalue weighted by Gasteiger charge is -2.13. The Labute approximate surface area is 112 Å². The molecule has 3 heteroatoms. The highest BCUT2D eigenvalue weighted by Crippen LogP contribution is 2.25. The summed E-state index contributed by atoms with van der Waals surface area (Å²) in [6, 6.07) is 11.2. The van der Waals surface area contributed by atoms with Crippen LogP contribution in [0, 0.1) is 11.6 Å². The first kappa shape index (κ1) is 13.7. The largest absolute Gasteiger partial charge is 0.310 e. The van der Waals surface area contributed by atoms with Crippen molar-refractivity contribution in [1.82, 2.24) is 5.32 Å². The Balaban J connectivity index is 2.39. The molecule has 0 aromatic heterocycles. The van der Waals surface area contributed by atoms with Crippen LogP contribution in [0.4, 0.5) is 8.78 Å². The number of hydrogen-bond acceptors (Lipinski definition) is 1. The summed E-state index contributed by atoms with van der Waals surface area (Å²) >= 11 is 0. The highest BCUT2D eigenvalue weighted by molar-refractivity contribution is 5.67. The number of benzene rings is 2. The van der Waals surface area contributed by atoms with E-state index >= 15 is 0 Å². The average molecular weight is 261 g/mol. The lowest BCUT2D eigenvalue weighted by Crippen LogP contribution is -2.22. The third-order valence-corrected chi connectivity index (χ3v) is 2.91. The molecule has 0 amide bonds. The van der Waals surface area contributed by atoms with Gasteiger partial charge in [-0.2, -0.15) is 0 Å². The molecule has 1 N–H and O–H groups in total. The van der Waals surface area contributed by atoms with Crippen LogP contribution in [0.15, 0.2) is 42.5 Å². The Morgan fingerprint density at radius 1 is 1.00 bits per heavy atom. The Hall–Kier alpha value is -1.74. The fourth-order valence-electron chi connectivity index (χ4n) is 1.94. The van der Waals surface area contributed by atoms with Gasteiger partial charge in [-0.25, -0.2) is 8.78 Å². The molecule has 1 nitrogen and oxygen atoms in total. The van der Waals surface area contributed by atoms with Crippen LogP contribution in [-0.4, -0.2) is 6.04 Å².